The summed E-state index contributed by atoms with van der Waals surface area (Å²) in [5, 5.41) is 4.29. The lowest BCUT2D eigenvalue weighted by Gasteiger charge is -2.22. The molecule has 1 aromatic rings. The minimum absolute atomic E-state index is 0.363. The molecular weight excluding hydrogens is 222 g/mol. The van der Waals surface area contributed by atoms with Gasteiger partial charge in [0.1, 0.15) is 5.82 Å². The van der Waals surface area contributed by atoms with E-state index in [0.29, 0.717) is 12.0 Å². The van der Waals surface area contributed by atoms with E-state index in [1.807, 2.05) is 0 Å². The highest BCUT2D eigenvalue weighted by atomic mass is 32.1. The Bertz CT molecular complexity index is 345. The highest BCUT2D eigenvalue weighted by molar-refractivity contribution is 7.09. The number of hydrogen-bond donors (Lipinski definition) is 1. The molecule has 0 radical (unpaired) electrons. The molecule has 0 spiro atoms. The molecule has 1 unspecified atom stereocenters. The van der Waals surface area contributed by atoms with Crippen LogP contribution in [0.25, 0.3) is 0 Å². The molecule has 3 rings (SSSR count). The van der Waals surface area contributed by atoms with Gasteiger partial charge in [0.15, 0.2) is 0 Å². The third kappa shape index (κ3) is 2.52. The lowest BCUT2D eigenvalue weighted by Crippen LogP contribution is -2.26. The predicted octanol–water partition coefficient (Wildman–Crippen LogP) is 2.40. The first-order valence-electron chi connectivity index (χ1n) is 6.11. The molecule has 2 heterocycles. The van der Waals surface area contributed by atoms with Gasteiger partial charge in [-0.2, -0.15) is 4.37 Å². The quantitative estimate of drug-likeness (QED) is 0.876. The van der Waals surface area contributed by atoms with Crippen molar-refractivity contribution in [3.8, 4) is 0 Å². The van der Waals surface area contributed by atoms with E-state index >= 15 is 0 Å². The van der Waals surface area contributed by atoms with E-state index in [-0.39, 0.29) is 0 Å². The average Bonchev–Trinajstić information content (AvgIpc) is 3.08. The Morgan fingerprint density at radius 2 is 2.25 bits per heavy atom. The molecule has 1 saturated heterocycles. The maximum atomic E-state index is 5.66. The Kier molecular flexibility index (Phi) is 3.06. The summed E-state index contributed by atoms with van der Waals surface area (Å²) >= 11 is 1.48. The molecule has 1 atom stereocenters. The second-order valence-corrected chi connectivity index (χ2v) is 5.35. The van der Waals surface area contributed by atoms with Gasteiger partial charge in [-0.3, -0.25) is 0 Å². The number of nitrogens with zero attached hydrogens (tertiary/aromatic N) is 2. The van der Waals surface area contributed by atoms with Crippen molar-refractivity contribution in [2.24, 2.45) is 0 Å². The van der Waals surface area contributed by atoms with Crippen LogP contribution in [0.5, 0.6) is 0 Å². The molecule has 2 aliphatic rings. The molecule has 16 heavy (non-hydrogen) atoms. The highest BCUT2D eigenvalue weighted by Crippen LogP contribution is 2.39. The summed E-state index contributed by atoms with van der Waals surface area (Å²) < 4.78 is 10.0. The second-order valence-electron chi connectivity index (χ2n) is 4.60. The number of anilines is 1. The van der Waals surface area contributed by atoms with Crippen LogP contribution in [0, 0.1) is 0 Å². The minimum Gasteiger partial charge on any atom is -0.376 e. The van der Waals surface area contributed by atoms with E-state index in [1.54, 1.807) is 0 Å². The van der Waals surface area contributed by atoms with Gasteiger partial charge in [0.25, 0.3) is 0 Å². The van der Waals surface area contributed by atoms with E-state index in [4.69, 9.17) is 4.74 Å². The van der Waals surface area contributed by atoms with E-state index in [0.717, 1.165) is 24.1 Å². The molecule has 0 bridgehead atoms. The number of aromatic nitrogens is 2. The van der Waals surface area contributed by atoms with Crippen LogP contribution in [0.1, 0.15) is 43.8 Å². The summed E-state index contributed by atoms with van der Waals surface area (Å²) in [6, 6.07) is 0. The first kappa shape index (κ1) is 10.5. The summed E-state index contributed by atoms with van der Waals surface area (Å²) in [5.41, 5.74) is 0. The monoisotopic (exact) mass is 239 g/mol. The van der Waals surface area contributed by atoms with Crippen LogP contribution in [0.3, 0.4) is 0 Å². The average molecular weight is 239 g/mol. The SMILES string of the molecule is C1CCC(CNc2nc(C3CC3)ns2)OC1. The smallest absolute Gasteiger partial charge is 0.202 e. The first-order chi connectivity index (χ1) is 7.92. The van der Waals surface area contributed by atoms with Crippen molar-refractivity contribution in [2.75, 3.05) is 18.5 Å². The van der Waals surface area contributed by atoms with Gasteiger partial charge in [-0.25, -0.2) is 4.98 Å². The number of hydrogen-bond acceptors (Lipinski definition) is 5. The molecule has 1 aliphatic carbocycles. The van der Waals surface area contributed by atoms with Crippen molar-refractivity contribution < 1.29 is 4.74 Å². The maximum absolute atomic E-state index is 5.66. The Hall–Kier alpha value is -0.680. The predicted molar refractivity (Wildman–Crippen MR) is 64.0 cm³/mol. The topological polar surface area (TPSA) is 47.0 Å². The fraction of sp³-hybridized carbons (Fsp3) is 0.818. The van der Waals surface area contributed by atoms with E-state index < -0.39 is 0 Å². The molecule has 0 aromatic carbocycles. The van der Waals surface area contributed by atoms with Crippen LogP contribution in [-0.2, 0) is 4.74 Å². The minimum atomic E-state index is 0.363. The van der Waals surface area contributed by atoms with Crippen LogP contribution < -0.4 is 5.32 Å². The fourth-order valence-electron chi connectivity index (χ4n) is 1.98. The van der Waals surface area contributed by atoms with Gasteiger partial charge in [0.05, 0.1) is 6.10 Å². The Morgan fingerprint density at radius 1 is 1.31 bits per heavy atom. The zero-order chi connectivity index (χ0) is 10.8. The Balaban J connectivity index is 1.49. The summed E-state index contributed by atoms with van der Waals surface area (Å²) in [7, 11) is 0. The van der Waals surface area contributed by atoms with Crippen molar-refractivity contribution in [3.05, 3.63) is 5.82 Å². The summed E-state index contributed by atoms with van der Waals surface area (Å²) in [4.78, 5) is 4.50. The summed E-state index contributed by atoms with van der Waals surface area (Å²) in [6.45, 7) is 1.79. The lowest BCUT2D eigenvalue weighted by atomic mass is 10.1. The number of rotatable bonds is 4. The van der Waals surface area contributed by atoms with Crippen molar-refractivity contribution >= 4 is 16.7 Å². The highest BCUT2D eigenvalue weighted by Gasteiger charge is 2.27. The number of ether oxygens (including phenoxy) is 1. The van der Waals surface area contributed by atoms with Crippen LogP contribution in [0.15, 0.2) is 0 Å². The molecular formula is C11H17N3OS. The molecule has 4 nitrogen and oxygen atoms in total. The molecule has 88 valence electrons. The van der Waals surface area contributed by atoms with Crippen LogP contribution >= 0.6 is 11.5 Å². The van der Waals surface area contributed by atoms with Gasteiger partial charge in [-0.1, -0.05) is 0 Å². The van der Waals surface area contributed by atoms with Crippen molar-refractivity contribution in [1.82, 2.24) is 9.36 Å². The van der Waals surface area contributed by atoms with Gasteiger partial charge in [-0.15, -0.1) is 0 Å². The normalized spacial score (nSPS) is 25.6. The summed E-state index contributed by atoms with van der Waals surface area (Å²) in [5.74, 6) is 1.69. The number of nitrogens with one attached hydrogen (secondary N) is 1. The van der Waals surface area contributed by atoms with E-state index in [1.165, 1.54) is 43.6 Å². The van der Waals surface area contributed by atoms with Crippen molar-refractivity contribution in [2.45, 2.75) is 44.1 Å². The third-order valence-electron chi connectivity index (χ3n) is 3.14. The van der Waals surface area contributed by atoms with Crippen molar-refractivity contribution in [3.63, 3.8) is 0 Å². The molecule has 1 saturated carbocycles. The first-order valence-corrected chi connectivity index (χ1v) is 6.88. The van der Waals surface area contributed by atoms with Gasteiger partial charge in [0, 0.05) is 30.6 Å². The van der Waals surface area contributed by atoms with Gasteiger partial charge < -0.3 is 10.1 Å². The van der Waals surface area contributed by atoms with E-state index in [9.17, 15) is 0 Å². The largest absolute Gasteiger partial charge is 0.376 e. The van der Waals surface area contributed by atoms with Gasteiger partial charge in [0.2, 0.25) is 5.13 Å². The Labute approximate surface area is 99.6 Å². The zero-order valence-electron chi connectivity index (χ0n) is 9.32. The van der Waals surface area contributed by atoms with Gasteiger partial charge in [-0.05, 0) is 32.1 Å². The fourth-order valence-corrected chi connectivity index (χ4v) is 2.64. The molecule has 1 N–H and O–H groups in total. The second kappa shape index (κ2) is 4.67. The summed E-state index contributed by atoms with van der Waals surface area (Å²) in [6.07, 6.45) is 6.56. The van der Waals surface area contributed by atoms with Crippen molar-refractivity contribution in [1.29, 1.82) is 0 Å². The molecule has 5 heteroatoms. The molecule has 1 aromatic heterocycles. The zero-order valence-corrected chi connectivity index (χ0v) is 10.1. The maximum Gasteiger partial charge on any atom is 0.202 e. The molecule has 0 amide bonds. The van der Waals surface area contributed by atoms with Crippen LogP contribution in [0.4, 0.5) is 5.13 Å². The molecule has 1 aliphatic heterocycles. The van der Waals surface area contributed by atoms with Gasteiger partial charge >= 0.3 is 0 Å². The lowest BCUT2D eigenvalue weighted by molar-refractivity contribution is 0.0247. The van der Waals surface area contributed by atoms with Crippen LogP contribution in [0.2, 0.25) is 0 Å². The molecule has 2 fully saturated rings. The standard InChI is InChI=1S/C11H17N3OS/c1-2-6-15-9(3-1)7-12-11-13-10(14-16-11)8-4-5-8/h8-9H,1-7H2,(H,12,13,14). The van der Waals surface area contributed by atoms with E-state index in [2.05, 4.69) is 14.7 Å². The third-order valence-corrected chi connectivity index (χ3v) is 3.83. The Morgan fingerprint density at radius 3 is 3.00 bits per heavy atom. The van der Waals surface area contributed by atoms with Crippen LogP contribution in [-0.4, -0.2) is 28.6 Å².